The fraction of sp³-hybridized carbons (Fsp3) is 0.903. The molecule has 0 saturated heterocycles. The maximum atomic E-state index is 12.6. The molecule has 1 saturated carbocycles. The van der Waals surface area contributed by atoms with E-state index >= 15 is 0 Å². The van der Waals surface area contributed by atoms with Crippen molar-refractivity contribution in [3.8, 4) is 0 Å². The molecule has 43 heavy (non-hydrogen) atoms. The smallest absolute Gasteiger partial charge is 0.390 e. The largest absolute Gasteiger partial charge is 0.472 e. The molecule has 2 rings (SSSR count). The van der Waals surface area contributed by atoms with Crippen molar-refractivity contribution in [1.29, 1.82) is 0 Å². The molecule has 0 aliphatic heterocycles. The topological polar surface area (TPSA) is 164 Å². The highest BCUT2D eigenvalue weighted by molar-refractivity contribution is 7.47. The van der Waals surface area contributed by atoms with Gasteiger partial charge >= 0.3 is 7.82 Å². The number of nitrogens with zero attached hydrogens (tertiary/aromatic N) is 2. The van der Waals surface area contributed by atoms with Gasteiger partial charge in [0.1, 0.15) is 18.3 Å². The van der Waals surface area contributed by atoms with Crippen LogP contribution in [0.1, 0.15) is 129 Å². The standard InChI is InChI=1S/C31H59N2O9P/c1-2-3-4-5-6-7-8-9-10-11-12-13-14-15-16-17-21-40-22-18-26(33-20-19-32-25-33)24-41-43(38,39)42-31-28(35)23-27(34)29(36)30(31)37/h19-20,25-31,34-37H,2-18,21-24H2,1H3,(H,38,39)/t26?,27-,28-,29+,30-,31-/m1/s1. The van der Waals surface area contributed by atoms with E-state index in [1.54, 1.807) is 23.3 Å². The highest BCUT2D eigenvalue weighted by Gasteiger charge is 2.46. The van der Waals surface area contributed by atoms with Gasteiger partial charge in [0.25, 0.3) is 0 Å². The molecule has 1 aliphatic carbocycles. The molecule has 1 aromatic heterocycles. The van der Waals surface area contributed by atoms with E-state index in [2.05, 4.69) is 11.9 Å². The lowest BCUT2D eigenvalue weighted by Gasteiger charge is -2.38. The normalized spacial score (nSPS) is 24.7. The second-order valence-electron chi connectivity index (χ2n) is 12.1. The van der Waals surface area contributed by atoms with E-state index in [4.69, 9.17) is 13.8 Å². The maximum Gasteiger partial charge on any atom is 0.472 e. The van der Waals surface area contributed by atoms with Crippen molar-refractivity contribution in [2.75, 3.05) is 19.8 Å². The molecule has 1 aromatic rings. The third kappa shape index (κ3) is 16.3. The van der Waals surface area contributed by atoms with Crippen LogP contribution in [0.2, 0.25) is 0 Å². The zero-order valence-electron chi connectivity index (χ0n) is 26.3. The van der Waals surface area contributed by atoms with E-state index in [9.17, 15) is 29.9 Å². The van der Waals surface area contributed by atoms with Gasteiger partial charge in [-0.1, -0.05) is 103 Å². The van der Waals surface area contributed by atoms with E-state index in [1.807, 2.05) is 0 Å². The van der Waals surface area contributed by atoms with Crippen LogP contribution >= 0.6 is 7.82 Å². The first-order valence-corrected chi connectivity index (χ1v) is 18.2. The third-order valence-corrected chi connectivity index (χ3v) is 9.30. The number of hydrogen-bond donors (Lipinski definition) is 5. The number of aliphatic hydroxyl groups is 4. The predicted molar refractivity (Wildman–Crippen MR) is 166 cm³/mol. The minimum atomic E-state index is -4.70. The lowest BCUT2D eigenvalue weighted by atomic mass is 9.87. The molecular weight excluding hydrogens is 575 g/mol. The van der Waals surface area contributed by atoms with Gasteiger partial charge in [-0.05, 0) is 12.8 Å². The Morgan fingerprint density at radius 3 is 1.91 bits per heavy atom. The van der Waals surface area contributed by atoms with Crippen molar-refractivity contribution >= 4 is 7.82 Å². The van der Waals surface area contributed by atoms with Crippen molar-refractivity contribution in [3.05, 3.63) is 18.7 Å². The van der Waals surface area contributed by atoms with Gasteiger partial charge in [-0.3, -0.25) is 9.05 Å². The number of unbranched alkanes of at least 4 members (excludes halogenated alkanes) is 15. The number of ether oxygens (including phenoxy) is 1. The first kappa shape index (κ1) is 38.3. The van der Waals surface area contributed by atoms with E-state index in [0.717, 1.165) is 12.8 Å². The van der Waals surface area contributed by atoms with E-state index in [0.29, 0.717) is 19.6 Å². The fourth-order valence-corrected chi connectivity index (χ4v) is 6.54. The van der Waals surface area contributed by atoms with Crippen molar-refractivity contribution in [2.24, 2.45) is 0 Å². The summed E-state index contributed by atoms with van der Waals surface area (Å²) in [6.07, 6.45) is 18.5. The molecule has 1 aliphatic rings. The number of phosphoric ester groups is 1. The summed E-state index contributed by atoms with van der Waals surface area (Å²) < 4.78 is 30.3. The average molecular weight is 635 g/mol. The minimum absolute atomic E-state index is 0.198. The quantitative estimate of drug-likeness (QED) is 0.0655. The fourth-order valence-electron chi connectivity index (χ4n) is 5.55. The van der Waals surface area contributed by atoms with E-state index in [1.165, 1.54) is 89.9 Å². The van der Waals surface area contributed by atoms with Gasteiger partial charge in [0.05, 0.1) is 31.2 Å². The first-order valence-electron chi connectivity index (χ1n) is 16.7. The highest BCUT2D eigenvalue weighted by Crippen LogP contribution is 2.47. The number of aliphatic hydroxyl groups excluding tert-OH is 4. The summed E-state index contributed by atoms with van der Waals surface area (Å²) in [5.41, 5.74) is 0. The van der Waals surface area contributed by atoms with Crippen LogP contribution in [-0.2, 0) is 18.3 Å². The molecule has 5 N–H and O–H groups in total. The molecule has 0 spiro atoms. The molecule has 1 fully saturated rings. The lowest BCUT2D eigenvalue weighted by Crippen LogP contribution is -2.56. The second kappa shape index (κ2) is 22.6. The second-order valence-corrected chi connectivity index (χ2v) is 13.5. The van der Waals surface area contributed by atoms with Crippen LogP contribution < -0.4 is 0 Å². The lowest BCUT2D eigenvalue weighted by molar-refractivity contribution is -0.173. The minimum Gasteiger partial charge on any atom is -0.390 e. The predicted octanol–water partition coefficient (Wildman–Crippen LogP) is 5.44. The summed E-state index contributed by atoms with van der Waals surface area (Å²) in [4.78, 5) is 14.3. The SMILES string of the molecule is CCCCCCCCCCCCCCCCCCOCCC(COP(=O)(O)O[C@H]1[C@H](O)[C@@H](O)[C@H](O)C[C@H]1O)n1ccnc1. The van der Waals surface area contributed by atoms with Gasteiger partial charge in [-0.2, -0.15) is 0 Å². The van der Waals surface area contributed by atoms with Crippen molar-refractivity contribution in [2.45, 2.75) is 159 Å². The van der Waals surface area contributed by atoms with Gasteiger partial charge in [0.2, 0.25) is 0 Å². The summed E-state index contributed by atoms with van der Waals surface area (Å²) >= 11 is 0. The van der Waals surface area contributed by atoms with Gasteiger partial charge in [-0.15, -0.1) is 0 Å². The Balaban J connectivity index is 1.52. The maximum absolute atomic E-state index is 12.6. The molecule has 0 aromatic carbocycles. The molecule has 0 amide bonds. The molecular formula is C31H59N2O9P. The Hall–Kier alpha value is -0.880. The molecule has 0 bridgehead atoms. The summed E-state index contributed by atoms with van der Waals surface area (Å²) in [5, 5.41) is 39.6. The Labute approximate surface area is 258 Å². The van der Waals surface area contributed by atoms with E-state index in [-0.39, 0.29) is 19.1 Å². The van der Waals surface area contributed by atoms with Crippen LogP contribution in [0.15, 0.2) is 18.7 Å². The molecule has 252 valence electrons. The van der Waals surface area contributed by atoms with E-state index < -0.39 is 38.3 Å². The van der Waals surface area contributed by atoms with Crippen molar-refractivity contribution < 1.29 is 43.7 Å². The Kier molecular flexibility index (Phi) is 20.1. The zero-order chi connectivity index (χ0) is 31.3. The van der Waals surface area contributed by atoms with Crippen LogP contribution in [0.3, 0.4) is 0 Å². The highest BCUT2D eigenvalue weighted by atomic mass is 31.2. The van der Waals surface area contributed by atoms with Crippen molar-refractivity contribution in [3.63, 3.8) is 0 Å². The van der Waals surface area contributed by atoms with Crippen LogP contribution in [0.25, 0.3) is 0 Å². The summed E-state index contributed by atoms with van der Waals surface area (Å²) in [6.45, 7) is 3.16. The molecule has 12 heteroatoms. The molecule has 0 radical (unpaired) electrons. The Morgan fingerprint density at radius 2 is 1.37 bits per heavy atom. The first-order chi connectivity index (χ1) is 20.7. The summed E-state index contributed by atoms with van der Waals surface area (Å²) in [5.74, 6) is 0. The van der Waals surface area contributed by atoms with Crippen LogP contribution in [0, 0.1) is 0 Å². The van der Waals surface area contributed by atoms with Crippen molar-refractivity contribution in [1.82, 2.24) is 9.55 Å². The van der Waals surface area contributed by atoms with Crippen LogP contribution in [-0.4, -0.2) is 85.2 Å². The Bertz CT molecular complexity index is 847. The monoisotopic (exact) mass is 634 g/mol. The summed E-state index contributed by atoms with van der Waals surface area (Å²) in [7, 11) is -4.70. The van der Waals surface area contributed by atoms with Crippen LogP contribution in [0.4, 0.5) is 0 Å². The molecule has 1 heterocycles. The summed E-state index contributed by atoms with van der Waals surface area (Å²) in [6, 6.07) is -0.356. The molecule has 2 unspecified atom stereocenters. The van der Waals surface area contributed by atoms with Gasteiger partial charge in [0, 0.05) is 32.0 Å². The number of imidazole rings is 1. The third-order valence-electron chi connectivity index (χ3n) is 8.31. The number of rotatable bonds is 26. The molecule has 7 atom stereocenters. The number of hydrogen-bond acceptors (Lipinski definition) is 9. The average Bonchev–Trinajstić information content (AvgIpc) is 3.52. The van der Waals surface area contributed by atoms with Gasteiger partial charge in [0.15, 0.2) is 0 Å². The Morgan fingerprint density at radius 1 is 0.814 bits per heavy atom. The van der Waals surface area contributed by atoms with Crippen LogP contribution in [0.5, 0.6) is 0 Å². The number of phosphoric acid groups is 1. The van der Waals surface area contributed by atoms with Gasteiger partial charge < -0.3 is 34.6 Å². The zero-order valence-corrected chi connectivity index (χ0v) is 27.2. The molecule has 11 nitrogen and oxygen atoms in total. The number of aromatic nitrogens is 2. The van der Waals surface area contributed by atoms with Gasteiger partial charge in [-0.25, -0.2) is 9.55 Å².